The number of benzene rings is 2. The Morgan fingerprint density at radius 1 is 1.19 bits per heavy atom. The number of carbonyl (C=O) groups excluding carboxylic acids is 1. The Morgan fingerprint density at radius 3 is 2.45 bits per heavy atom. The normalized spacial score (nSPS) is 13.4. The van der Waals surface area contributed by atoms with Gasteiger partial charge in [-0.1, -0.05) is 30.7 Å². The predicted octanol–water partition coefficient (Wildman–Crippen LogP) is 5.43. The van der Waals surface area contributed by atoms with Crippen LogP contribution < -0.4 is 10.1 Å². The Balaban J connectivity index is 2.40. The van der Waals surface area contributed by atoms with Crippen molar-refractivity contribution in [2.75, 3.05) is 12.4 Å². The van der Waals surface area contributed by atoms with Gasteiger partial charge in [0.1, 0.15) is 11.6 Å². The lowest BCUT2D eigenvalue weighted by molar-refractivity contribution is -0.178. The summed E-state index contributed by atoms with van der Waals surface area (Å²) in [7, 11) is 1.28. The lowest BCUT2D eigenvalue weighted by Crippen LogP contribution is -2.34. The Morgan fingerprint density at radius 2 is 1.87 bits per heavy atom. The molecule has 168 valence electrons. The minimum absolute atomic E-state index is 0.00832. The van der Waals surface area contributed by atoms with E-state index in [9.17, 15) is 27.2 Å². The van der Waals surface area contributed by atoms with Crippen LogP contribution in [0.5, 0.6) is 5.75 Å². The summed E-state index contributed by atoms with van der Waals surface area (Å²) in [6.07, 6.45) is -4.87. The van der Waals surface area contributed by atoms with Crippen LogP contribution in [0.1, 0.15) is 30.4 Å². The van der Waals surface area contributed by atoms with E-state index in [0.29, 0.717) is 5.56 Å². The van der Waals surface area contributed by atoms with Gasteiger partial charge in [0.25, 0.3) is 0 Å². The molecular weight excluding hydrogens is 442 g/mol. The highest BCUT2D eigenvalue weighted by Crippen LogP contribution is 2.40. The smallest absolute Gasteiger partial charge is 0.392 e. The van der Waals surface area contributed by atoms with Crippen LogP contribution in [0, 0.1) is 11.7 Å². The minimum atomic E-state index is -4.71. The van der Waals surface area contributed by atoms with Gasteiger partial charge < -0.3 is 15.2 Å². The zero-order chi connectivity index (χ0) is 23.3. The maximum absolute atomic E-state index is 14.2. The van der Waals surface area contributed by atoms with Gasteiger partial charge in [-0.15, -0.1) is 0 Å². The van der Waals surface area contributed by atoms with E-state index >= 15 is 0 Å². The highest BCUT2D eigenvalue weighted by atomic mass is 35.5. The molecule has 0 aliphatic rings. The maximum Gasteiger partial charge on any atom is 0.392 e. The number of halogens is 5. The number of methoxy groups -OCH3 is 1. The number of alkyl halides is 3. The van der Waals surface area contributed by atoms with E-state index in [0.717, 1.165) is 13.0 Å². The largest absolute Gasteiger partial charge is 0.495 e. The zero-order valence-electron chi connectivity index (χ0n) is 16.6. The quantitative estimate of drug-likeness (QED) is 0.514. The van der Waals surface area contributed by atoms with Gasteiger partial charge in [0.15, 0.2) is 0 Å². The number of carboxylic acid groups (broad SMARTS) is 1. The first-order chi connectivity index (χ1) is 14.4. The predicted molar refractivity (Wildman–Crippen MR) is 107 cm³/mol. The Bertz CT molecular complexity index is 965. The first-order valence-electron chi connectivity index (χ1n) is 9.15. The molecule has 0 heterocycles. The number of anilines is 1. The van der Waals surface area contributed by atoms with Crippen molar-refractivity contribution in [2.24, 2.45) is 5.92 Å². The second-order valence-electron chi connectivity index (χ2n) is 6.90. The van der Waals surface area contributed by atoms with Crippen LogP contribution in [-0.4, -0.2) is 30.3 Å². The summed E-state index contributed by atoms with van der Waals surface area (Å²) in [5.74, 6) is -6.73. The third-order valence-corrected chi connectivity index (χ3v) is 5.06. The van der Waals surface area contributed by atoms with Gasteiger partial charge in [-0.25, -0.2) is 4.39 Å². The first kappa shape index (κ1) is 24.5. The first-order valence-corrected chi connectivity index (χ1v) is 9.53. The van der Waals surface area contributed by atoms with Crippen LogP contribution in [0.25, 0.3) is 0 Å². The Labute approximate surface area is 181 Å². The standard InChI is InChI=1S/C21H20ClF4NO4/c1-11(21(24,25)26)19(13-5-6-14(22)17(10-13)31-2)20(30)27-16-9-12(3-7-15(16)23)4-8-18(28)29/h3,5-7,9-11,19H,4,8H2,1-2H3,(H,27,30)(H,28,29). The van der Waals surface area contributed by atoms with Crippen molar-refractivity contribution in [3.05, 3.63) is 58.4 Å². The lowest BCUT2D eigenvalue weighted by Gasteiger charge is -2.26. The van der Waals surface area contributed by atoms with Gasteiger partial charge >= 0.3 is 12.1 Å². The average Bonchev–Trinajstić information content (AvgIpc) is 2.69. The molecule has 0 saturated carbocycles. The molecular formula is C21H20ClF4NO4. The second kappa shape index (κ2) is 10.00. The van der Waals surface area contributed by atoms with Gasteiger partial charge in [0.05, 0.1) is 29.7 Å². The fourth-order valence-corrected chi connectivity index (χ4v) is 3.21. The van der Waals surface area contributed by atoms with Crippen LogP contribution in [0.15, 0.2) is 36.4 Å². The van der Waals surface area contributed by atoms with Gasteiger partial charge in [-0.3, -0.25) is 9.59 Å². The lowest BCUT2D eigenvalue weighted by atomic mass is 9.85. The van der Waals surface area contributed by atoms with Crippen molar-refractivity contribution in [1.82, 2.24) is 0 Å². The SMILES string of the molecule is COc1cc(C(C(=O)Nc2cc(CCC(=O)O)ccc2F)C(C)C(F)(F)F)ccc1Cl. The van der Waals surface area contributed by atoms with Crippen LogP contribution in [0.2, 0.25) is 5.02 Å². The molecule has 0 bridgehead atoms. The molecule has 0 aliphatic carbocycles. The van der Waals surface area contributed by atoms with Crippen molar-refractivity contribution in [1.29, 1.82) is 0 Å². The molecule has 10 heteroatoms. The highest BCUT2D eigenvalue weighted by Gasteiger charge is 2.45. The summed E-state index contributed by atoms with van der Waals surface area (Å²) in [6.45, 7) is 0.852. The van der Waals surface area contributed by atoms with Crippen molar-refractivity contribution >= 4 is 29.2 Å². The molecule has 2 unspecified atom stereocenters. The zero-order valence-corrected chi connectivity index (χ0v) is 17.4. The van der Waals surface area contributed by atoms with E-state index in [1.54, 1.807) is 0 Å². The molecule has 2 aromatic carbocycles. The Kier molecular flexibility index (Phi) is 7.89. The average molecular weight is 462 g/mol. The van der Waals surface area contributed by atoms with Crippen molar-refractivity contribution in [3.8, 4) is 5.75 Å². The van der Waals surface area contributed by atoms with E-state index in [1.807, 2.05) is 0 Å². The summed E-state index contributed by atoms with van der Waals surface area (Å²) >= 11 is 5.93. The van der Waals surface area contributed by atoms with Crippen LogP contribution in [-0.2, 0) is 16.0 Å². The topological polar surface area (TPSA) is 75.6 Å². The van der Waals surface area contributed by atoms with Crippen molar-refractivity contribution in [3.63, 3.8) is 0 Å². The van der Waals surface area contributed by atoms with E-state index in [1.165, 1.54) is 37.4 Å². The van der Waals surface area contributed by atoms with Gasteiger partial charge in [0.2, 0.25) is 5.91 Å². The summed E-state index contributed by atoms with van der Waals surface area (Å²) in [5, 5.41) is 11.1. The fourth-order valence-electron chi connectivity index (χ4n) is 3.01. The third-order valence-electron chi connectivity index (χ3n) is 4.75. The van der Waals surface area contributed by atoms with Gasteiger partial charge in [-0.2, -0.15) is 13.2 Å². The molecule has 31 heavy (non-hydrogen) atoms. The molecule has 0 radical (unpaired) electrons. The van der Waals surface area contributed by atoms with Gasteiger partial charge in [0, 0.05) is 6.42 Å². The number of aliphatic carboxylic acids is 1. The molecule has 1 amide bonds. The van der Waals surface area contributed by atoms with Crippen LogP contribution in [0.3, 0.4) is 0 Å². The van der Waals surface area contributed by atoms with Crippen LogP contribution in [0.4, 0.5) is 23.2 Å². The number of ether oxygens (including phenoxy) is 1. The van der Waals surface area contributed by atoms with E-state index in [2.05, 4.69) is 5.32 Å². The molecule has 0 saturated heterocycles. The van der Waals surface area contributed by atoms with E-state index < -0.39 is 35.7 Å². The number of rotatable bonds is 8. The van der Waals surface area contributed by atoms with Crippen LogP contribution >= 0.6 is 11.6 Å². The second-order valence-corrected chi connectivity index (χ2v) is 7.31. The number of amides is 1. The number of carboxylic acids is 1. The molecule has 0 spiro atoms. The fraction of sp³-hybridized carbons (Fsp3) is 0.333. The summed E-state index contributed by atoms with van der Waals surface area (Å²) < 4.78 is 59.7. The van der Waals surface area contributed by atoms with Gasteiger partial charge in [-0.05, 0) is 41.8 Å². The molecule has 2 N–H and O–H groups in total. The monoisotopic (exact) mass is 461 g/mol. The third kappa shape index (κ3) is 6.33. The molecule has 2 rings (SSSR count). The van der Waals surface area contributed by atoms with E-state index in [4.69, 9.17) is 21.4 Å². The number of aryl methyl sites for hydroxylation is 1. The molecule has 2 atom stereocenters. The number of nitrogens with one attached hydrogen (secondary N) is 1. The molecule has 5 nitrogen and oxygen atoms in total. The summed E-state index contributed by atoms with van der Waals surface area (Å²) in [5.41, 5.74) is 0.0619. The number of hydrogen-bond donors (Lipinski definition) is 2. The van der Waals surface area contributed by atoms with E-state index in [-0.39, 0.29) is 34.9 Å². The number of hydrogen-bond acceptors (Lipinski definition) is 3. The summed E-state index contributed by atoms with van der Waals surface area (Å²) in [6, 6.07) is 7.37. The Hall–Kier alpha value is -2.81. The molecule has 0 fully saturated rings. The van der Waals surface area contributed by atoms with Crippen molar-refractivity contribution < 1.29 is 37.0 Å². The maximum atomic E-state index is 14.2. The molecule has 2 aromatic rings. The summed E-state index contributed by atoms with van der Waals surface area (Å²) in [4.78, 5) is 23.6. The van der Waals surface area contributed by atoms with Crippen molar-refractivity contribution in [2.45, 2.75) is 31.9 Å². The minimum Gasteiger partial charge on any atom is -0.495 e. The number of carbonyl (C=O) groups is 2. The highest BCUT2D eigenvalue weighted by molar-refractivity contribution is 6.32. The molecule has 0 aliphatic heterocycles. The molecule has 0 aromatic heterocycles.